The summed E-state index contributed by atoms with van der Waals surface area (Å²) >= 11 is 0. The van der Waals surface area contributed by atoms with Gasteiger partial charge in [-0.1, -0.05) is 18.2 Å². The van der Waals surface area contributed by atoms with Crippen molar-refractivity contribution in [1.29, 1.82) is 0 Å². The first-order chi connectivity index (χ1) is 11.7. The molecule has 24 heavy (non-hydrogen) atoms. The Balaban J connectivity index is 1.89. The molecule has 0 atom stereocenters. The van der Waals surface area contributed by atoms with Gasteiger partial charge in [0.2, 0.25) is 0 Å². The van der Waals surface area contributed by atoms with E-state index >= 15 is 0 Å². The molecule has 0 saturated heterocycles. The van der Waals surface area contributed by atoms with Crippen LogP contribution >= 0.6 is 0 Å². The van der Waals surface area contributed by atoms with Gasteiger partial charge in [0.25, 0.3) is 0 Å². The largest absolute Gasteiger partial charge is 0.395 e. The minimum Gasteiger partial charge on any atom is -0.395 e. The van der Waals surface area contributed by atoms with Crippen molar-refractivity contribution in [3.05, 3.63) is 60.2 Å². The number of alkyl halides is 2. The number of benzene rings is 1. The maximum absolute atomic E-state index is 13.5. The Kier molecular flexibility index (Phi) is 5.12. The summed E-state index contributed by atoms with van der Waals surface area (Å²) in [5, 5.41) is 9.28. The monoisotopic (exact) mass is 332 g/mol. The van der Waals surface area contributed by atoms with Gasteiger partial charge in [0.05, 0.1) is 24.2 Å². The Morgan fingerprint density at radius 2 is 1.96 bits per heavy atom. The lowest BCUT2D eigenvalue weighted by molar-refractivity contribution is 0.0673. The summed E-state index contributed by atoms with van der Waals surface area (Å²) in [6.45, 7) is -1.65. The maximum Gasteiger partial charge on any atom is 0.320 e. The average molecular weight is 332 g/mol. The van der Waals surface area contributed by atoms with Crippen molar-refractivity contribution in [2.24, 2.45) is 0 Å². The average Bonchev–Trinajstić information content (AvgIpc) is 2.94. The molecule has 5 nitrogen and oxygen atoms in total. The molecule has 0 radical (unpaired) electrons. The normalized spacial score (nSPS) is 11.7. The van der Waals surface area contributed by atoms with Gasteiger partial charge in [-0.2, -0.15) is 8.78 Å². The molecule has 0 unspecified atom stereocenters. The van der Waals surface area contributed by atoms with E-state index in [-0.39, 0.29) is 19.0 Å². The van der Waals surface area contributed by atoms with Gasteiger partial charge in [-0.25, -0.2) is 4.98 Å². The van der Waals surface area contributed by atoms with Crippen molar-refractivity contribution >= 4 is 11.0 Å². The Hall–Kier alpha value is -2.38. The number of halogens is 2. The lowest BCUT2D eigenvalue weighted by atomic mass is 10.2. The predicted octanol–water partition coefficient (Wildman–Crippen LogP) is 2.82. The summed E-state index contributed by atoms with van der Waals surface area (Å²) in [6.07, 6.45) is 3.40. The minimum atomic E-state index is -2.67. The third kappa shape index (κ3) is 3.58. The second-order valence-electron chi connectivity index (χ2n) is 5.46. The number of nitrogens with zero attached hydrogens (tertiary/aromatic N) is 4. The molecule has 2 heterocycles. The SMILES string of the molecule is OCCN(Cc1cccnc1)Cc1nc2ccccc2n1C(F)F. The number of fused-ring (bicyclic) bond motifs is 1. The molecule has 0 spiro atoms. The van der Waals surface area contributed by atoms with Crippen molar-refractivity contribution in [1.82, 2.24) is 19.4 Å². The van der Waals surface area contributed by atoms with Crippen molar-refractivity contribution in [2.75, 3.05) is 13.2 Å². The van der Waals surface area contributed by atoms with E-state index in [9.17, 15) is 13.9 Å². The van der Waals surface area contributed by atoms with Gasteiger partial charge in [-0.15, -0.1) is 0 Å². The quantitative estimate of drug-likeness (QED) is 0.723. The number of rotatable bonds is 7. The molecule has 7 heteroatoms. The van der Waals surface area contributed by atoms with Crippen LogP contribution in [0.15, 0.2) is 48.8 Å². The molecule has 3 aromatic rings. The van der Waals surface area contributed by atoms with E-state index in [2.05, 4.69) is 9.97 Å². The van der Waals surface area contributed by atoms with Gasteiger partial charge in [0, 0.05) is 25.5 Å². The number of aliphatic hydroxyl groups excluding tert-OH is 1. The zero-order valence-electron chi connectivity index (χ0n) is 13.0. The second kappa shape index (κ2) is 7.46. The van der Waals surface area contributed by atoms with Crippen LogP contribution < -0.4 is 0 Å². The highest BCUT2D eigenvalue weighted by atomic mass is 19.3. The molecule has 0 aliphatic heterocycles. The fraction of sp³-hybridized carbons (Fsp3) is 0.294. The second-order valence-corrected chi connectivity index (χ2v) is 5.46. The van der Waals surface area contributed by atoms with E-state index in [0.717, 1.165) is 10.1 Å². The highest BCUT2D eigenvalue weighted by Crippen LogP contribution is 2.24. The number of pyridine rings is 1. The van der Waals surface area contributed by atoms with Gasteiger partial charge in [0.15, 0.2) is 0 Å². The van der Waals surface area contributed by atoms with Crippen molar-refractivity contribution in [2.45, 2.75) is 19.6 Å². The van der Waals surface area contributed by atoms with Crippen LogP contribution in [0.25, 0.3) is 11.0 Å². The number of para-hydroxylation sites is 2. The molecular weight excluding hydrogens is 314 g/mol. The van der Waals surface area contributed by atoms with Crippen LogP contribution in [0.3, 0.4) is 0 Å². The number of imidazole rings is 1. The van der Waals surface area contributed by atoms with E-state index in [4.69, 9.17) is 0 Å². The minimum absolute atomic E-state index is 0.0603. The number of aromatic nitrogens is 3. The van der Waals surface area contributed by atoms with Crippen LogP contribution in [-0.2, 0) is 13.1 Å². The molecule has 0 aliphatic carbocycles. The molecule has 0 fully saturated rings. The van der Waals surface area contributed by atoms with Gasteiger partial charge in [0.1, 0.15) is 5.82 Å². The molecule has 3 rings (SSSR count). The summed E-state index contributed by atoms with van der Waals surface area (Å²) in [7, 11) is 0. The lowest BCUT2D eigenvalue weighted by Gasteiger charge is -2.21. The Bertz CT molecular complexity index is 792. The molecule has 0 aliphatic rings. The van der Waals surface area contributed by atoms with Crippen LogP contribution in [0.1, 0.15) is 17.9 Å². The molecule has 2 aromatic heterocycles. The first kappa shape index (κ1) is 16.5. The summed E-state index contributed by atoms with van der Waals surface area (Å²) in [5.74, 6) is 0.281. The summed E-state index contributed by atoms with van der Waals surface area (Å²) < 4.78 is 27.9. The molecule has 0 bridgehead atoms. The van der Waals surface area contributed by atoms with Gasteiger partial charge in [-0.3, -0.25) is 14.5 Å². The highest BCUT2D eigenvalue weighted by Gasteiger charge is 2.19. The zero-order chi connectivity index (χ0) is 16.9. The Morgan fingerprint density at radius 3 is 2.67 bits per heavy atom. The maximum atomic E-state index is 13.5. The van der Waals surface area contributed by atoms with Crippen LogP contribution in [0.4, 0.5) is 8.78 Å². The van der Waals surface area contributed by atoms with Gasteiger partial charge < -0.3 is 5.11 Å². The first-order valence-electron chi connectivity index (χ1n) is 7.65. The molecule has 126 valence electrons. The van der Waals surface area contributed by atoms with Crippen LogP contribution in [-0.4, -0.2) is 37.7 Å². The summed E-state index contributed by atoms with van der Waals surface area (Å²) in [5.41, 5.74) is 1.90. The van der Waals surface area contributed by atoms with E-state index < -0.39 is 6.55 Å². The zero-order valence-corrected chi connectivity index (χ0v) is 13.0. The third-order valence-corrected chi connectivity index (χ3v) is 3.77. The molecular formula is C17H18F2N4O. The summed E-state index contributed by atoms with van der Waals surface area (Å²) in [6, 6.07) is 10.6. The number of hydrogen-bond acceptors (Lipinski definition) is 4. The summed E-state index contributed by atoms with van der Waals surface area (Å²) in [4.78, 5) is 10.3. The molecule has 1 aromatic carbocycles. The standard InChI is InChI=1S/C17H18F2N4O/c18-17(19)23-15-6-2-1-5-14(15)21-16(23)12-22(8-9-24)11-13-4-3-7-20-10-13/h1-7,10,17,24H,8-9,11-12H2. The van der Waals surface area contributed by atoms with Crippen molar-refractivity contribution in [3.8, 4) is 0 Å². The van der Waals surface area contributed by atoms with Crippen molar-refractivity contribution < 1.29 is 13.9 Å². The Morgan fingerprint density at radius 1 is 1.12 bits per heavy atom. The van der Waals surface area contributed by atoms with E-state index in [1.165, 1.54) is 0 Å². The Labute approximate surface area is 138 Å². The third-order valence-electron chi connectivity index (χ3n) is 3.77. The van der Waals surface area contributed by atoms with E-state index in [1.807, 2.05) is 17.0 Å². The topological polar surface area (TPSA) is 54.2 Å². The fourth-order valence-electron chi connectivity index (χ4n) is 2.73. The van der Waals surface area contributed by atoms with Crippen LogP contribution in [0.2, 0.25) is 0 Å². The van der Waals surface area contributed by atoms with Gasteiger partial charge >= 0.3 is 6.55 Å². The number of aliphatic hydroxyl groups is 1. The lowest BCUT2D eigenvalue weighted by Crippen LogP contribution is -2.27. The predicted molar refractivity (Wildman–Crippen MR) is 86.4 cm³/mol. The van der Waals surface area contributed by atoms with Crippen LogP contribution in [0.5, 0.6) is 0 Å². The highest BCUT2D eigenvalue weighted by molar-refractivity contribution is 5.75. The molecule has 0 saturated carbocycles. The van der Waals surface area contributed by atoms with E-state index in [1.54, 1.807) is 36.7 Å². The first-order valence-corrected chi connectivity index (χ1v) is 7.65. The number of hydrogen-bond donors (Lipinski definition) is 1. The molecule has 1 N–H and O–H groups in total. The van der Waals surface area contributed by atoms with Gasteiger partial charge in [-0.05, 0) is 23.8 Å². The van der Waals surface area contributed by atoms with Crippen molar-refractivity contribution in [3.63, 3.8) is 0 Å². The van der Waals surface area contributed by atoms with E-state index in [0.29, 0.717) is 24.1 Å². The fourth-order valence-corrected chi connectivity index (χ4v) is 2.73. The smallest absolute Gasteiger partial charge is 0.320 e. The molecule has 0 amide bonds. The van der Waals surface area contributed by atoms with Crippen LogP contribution in [0, 0.1) is 0 Å².